The van der Waals surface area contributed by atoms with E-state index in [1.165, 1.54) is 4.90 Å². The SMILES string of the molecule is O=C(O)COc1ccc(NC(=O)CN2CCCC2=O)cc1. The van der Waals surface area contributed by atoms with Crippen LogP contribution in [0.4, 0.5) is 5.69 Å². The van der Waals surface area contributed by atoms with Gasteiger partial charge in [0.05, 0.1) is 6.54 Å². The van der Waals surface area contributed by atoms with Crippen molar-refractivity contribution < 1.29 is 24.2 Å². The van der Waals surface area contributed by atoms with E-state index >= 15 is 0 Å². The van der Waals surface area contributed by atoms with Gasteiger partial charge in [-0.15, -0.1) is 0 Å². The minimum absolute atomic E-state index is 0.00238. The number of nitrogens with one attached hydrogen (secondary N) is 1. The first-order valence-corrected chi connectivity index (χ1v) is 6.57. The highest BCUT2D eigenvalue weighted by molar-refractivity contribution is 5.94. The molecule has 2 rings (SSSR count). The molecule has 21 heavy (non-hydrogen) atoms. The highest BCUT2D eigenvalue weighted by Gasteiger charge is 2.22. The number of ether oxygens (including phenoxy) is 1. The lowest BCUT2D eigenvalue weighted by Gasteiger charge is -2.15. The minimum atomic E-state index is -1.05. The van der Waals surface area contributed by atoms with Crippen molar-refractivity contribution in [3.63, 3.8) is 0 Å². The van der Waals surface area contributed by atoms with Gasteiger partial charge >= 0.3 is 5.97 Å². The number of rotatable bonds is 6. The standard InChI is InChI=1S/C14H16N2O5/c17-12(8-16-7-1-2-13(16)18)15-10-3-5-11(6-4-10)21-9-14(19)20/h3-6H,1-2,7-9H2,(H,15,17)(H,19,20). The number of hydrogen-bond donors (Lipinski definition) is 2. The highest BCUT2D eigenvalue weighted by Crippen LogP contribution is 2.16. The average molecular weight is 292 g/mol. The van der Waals surface area contributed by atoms with Crippen LogP contribution >= 0.6 is 0 Å². The van der Waals surface area contributed by atoms with Crippen LogP contribution in [-0.4, -0.2) is 47.5 Å². The zero-order valence-electron chi connectivity index (χ0n) is 11.4. The number of carboxylic acid groups (broad SMARTS) is 1. The maximum absolute atomic E-state index is 11.8. The van der Waals surface area contributed by atoms with Crippen molar-refractivity contribution in [2.75, 3.05) is 25.0 Å². The fourth-order valence-electron chi connectivity index (χ4n) is 2.02. The van der Waals surface area contributed by atoms with Crippen LogP contribution in [-0.2, 0) is 14.4 Å². The maximum Gasteiger partial charge on any atom is 0.341 e. The van der Waals surface area contributed by atoms with Crippen molar-refractivity contribution in [1.82, 2.24) is 4.90 Å². The normalized spacial score (nSPS) is 14.1. The van der Waals surface area contributed by atoms with Gasteiger partial charge in [0.25, 0.3) is 0 Å². The molecule has 0 saturated carbocycles. The van der Waals surface area contributed by atoms with Crippen molar-refractivity contribution in [2.24, 2.45) is 0 Å². The highest BCUT2D eigenvalue weighted by atomic mass is 16.5. The van der Waals surface area contributed by atoms with Crippen LogP contribution in [0.3, 0.4) is 0 Å². The number of carboxylic acids is 1. The summed E-state index contributed by atoms with van der Waals surface area (Å²) in [6.45, 7) is 0.257. The number of benzene rings is 1. The topological polar surface area (TPSA) is 95.9 Å². The number of hydrogen-bond acceptors (Lipinski definition) is 4. The second-order valence-corrected chi connectivity index (χ2v) is 4.67. The second kappa shape index (κ2) is 6.74. The predicted octanol–water partition coefficient (Wildman–Crippen LogP) is 0.711. The molecule has 1 heterocycles. The van der Waals surface area contributed by atoms with Crippen LogP contribution in [0.15, 0.2) is 24.3 Å². The summed E-state index contributed by atoms with van der Waals surface area (Å²) < 4.78 is 4.98. The molecule has 0 bridgehead atoms. The zero-order valence-corrected chi connectivity index (χ0v) is 11.4. The van der Waals surface area contributed by atoms with Crippen LogP contribution in [0.2, 0.25) is 0 Å². The fraction of sp³-hybridized carbons (Fsp3) is 0.357. The van der Waals surface area contributed by atoms with E-state index in [1.54, 1.807) is 24.3 Å². The molecule has 7 heteroatoms. The van der Waals surface area contributed by atoms with Gasteiger partial charge in [-0.3, -0.25) is 9.59 Å². The predicted molar refractivity (Wildman–Crippen MR) is 74.0 cm³/mol. The van der Waals surface area contributed by atoms with Gasteiger partial charge < -0.3 is 20.1 Å². The Morgan fingerprint density at radius 1 is 1.29 bits per heavy atom. The number of nitrogens with zero attached hydrogens (tertiary/aromatic N) is 1. The summed E-state index contributed by atoms with van der Waals surface area (Å²) in [5, 5.41) is 11.2. The molecule has 0 aromatic heterocycles. The molecule has 0 aliphatic carbocycles. The Labute approximate surface area is 121 Å². The van der Waals surface area contributed by atoms with Crippen molar-refractivity contribution in [2.45, 2.75) is 12.8 Å². The Morgan fingerprint density at radius 2 is 2.00 bits per heavy atom. The Hall–Kier alpha value is -2.57. The molecule has 7 nitrogen and oxygen atoms in total. The lowest BCUT2D eigenvalue weighted by molar-refractivity contribution is -0.139. The molecule has 0 unspecified atom stereocenters. The Morgan fingerprint density at radius 3 is 2.57 bits per heavy atom. The molecule has 0 radical (unpaired) electrons. The summed E-state index contributed by atoms with van der Waals surface area (Å²) in [4.78, 5) is 35.1. The number of likely N-dealkylation sites (tertiary alicyclic amines) is 1. The van der Waals surface area contributed by atoms with Crippen LogP contribution < -0.4 is 10.1 Å². The Balaban J connectivity index is 1.83. The van der Waals surface area contributed by atoms with Crippen molar-refractivity contribution in [1.29, 1.82) is 0 Å². The van der Waals surface area contributed by atoms with Crippen LogP contribution in [0.5, 0.6) is 5.75 Å². The number of amides is 2. The number of aliphatic carboxylic acids is 1. The van der Waals surface area contributed by atoms with Crippen LogP contribution in [0, 0.1) is 0 Å². The first-order valence-electron chi connectivity index (χ1n) is 6.57. The van der Waals surface area contributed by atoms with Crippen molar-refractivity contribution in [3.8, 4) is 5.75 Å². The first-order chi connectivity index (χ1) is 10.0. The van der Waals surface area contributed by atoms with Gasteiger partial charge in [-0.25, -0.2) is 4.79 Å². The van der Waals surface area contributed by atoms with Gasteiger partial charge in [-0.2, -0.15) is 0 Å². The monoisotopic (exact) mass is 292 g/mol. The molecule has 0 atom stereocenters. The molecule has 2 amide bonds. The fourth-order valence-corrected chi connectivity index (χ4v) is 2.02. The maximum atomic E-state index is 11.8. The molecule has 2 N–H and O–H groups in total. The van der Waals surface area contributed by atoms with E-state index in [4.69, 9.17) is 9.84 Å². The third-order valence-corrected chi connectivity index (χ3v) is 3.01. The third-order valence-electron chi connectivity index (χ3n) is 3.01. The molecule has 1 aliphatic heterocycles. The van der Waals surface area contributed by atoms with E-state index in [-0.39, 0.29) is 18.4 Å². The van der Waals surface area contributed by atoms with Gasteiger partial charge in [0.1, 0.15) is 5.75 Å². The van der Waals surface area contributed by atoms with Gasteiger partial charge in [-0.1, -0.05) is 0 Å². The number of carbonyl (C=O) groups is 3. The summed E-state index contributed by atoms with van der Waals surface area (Å²) in [7, 11) is 0. The van der Waals surface area contributed by atoms with E-state index < -0.39 is 12.6 Å². The molecular weight excluding hydrogens is 276 g/mol. The van der Waals surface area contributed by atoms with Crippen molar-refractivity contribution >= 4 is 23.5 Å². The van der Waals surface area contributed by atoms with Gasteiger partial charge in [0, 0.05) is 18.7 Å². The summed E-state index contributed by atoms with van der Waals surface area (Å²) in [6, 6.07) is 6.36. The third kappa shape index (κ3) is 4.48. The van der Waals surface area contributed by atoms with Crippen LogP contribution in [0.25, 0.3) is 0 Å². The lowest BCUT2D eigenvalue weighted by Crippen LogP contribution is -2.33. The summed E-state index contributed by atoms with van der Waals surface area (Å²) in [5.41, 5.74) is 0.564. The molecule has 1 aliphatic rings. The summed E-state index contributed by atoms with van der Waals surface area (Å²) in [6.07, 6.45) is 1.30. The second-order valence-electron chi connectivity index (χ2n) is 4.67. The van der Waals surface area contributed by atoms with Gasteiger partial charge in [0.2, 0.25) is 11.8 Å². The number of carbonyl (C=O) groups excluding carboxylic acids is 2. The first kappa shape index (κ1) is 14.8. The van der Waals surface area contributed by atoms with Crippen LogP contribution in [0.1, 0.15) is 12.8 Å². The Bertz CT molecular complexity index is 541. The molecule has 0 spiro atoms. The number of anilines is 1. The quantitative estimate of drug-likeness (QED) is 0.805. The van der Waals surface area contributed by atoms with E-state index in [1.807, 2.05) is 0 Å². The van der Waals surface area contributed by atoms with Gasteiger partial charge in [-0.05, 0) is 30.7 Å². The largest absolute Gasteiger partial charge is 0.482 e. The molecule has 1 aromatic rings. The molecule has 1 fully saturated rings. The molecule has 112 valence electrons. The van der Waals surface area contributed by atoms with Crippen molar-refractivity contribution in [3.05, 3.63) is 24.3 Å². The summed E-state index contributed by atoms with van der Waals surface area (Å²) in [5.74, 6) is -0.903. The zero-order chi connectivity index (χ0) is 15.2. The molecule has 1 saturated heterocycles. The molecule has 1 aromatic carbocycles. The van der Waals surface area contributed by atoms with E-state index in [2.05, 4.69) is 5.32 Å². The smallest absolute Gasteiger partial charge is 0.341 e. The van der Waals surface area contributed by atoms with E-state index in [0.29, 0.717) is 24.4 Å². The van der Waals surface area contributed by atoms with Gasteiger partial charge in [0.15, 0.2) is 6.61 Å². The molecular formula is C14H16N2O5. The van der Waals surface area contributed by atoms with E-state index in [9.17, 15) is 14.4 Å². The van der Waals surface area contributed by atoms with E-state index in [0.717, 1.165) is 6.42 Å². The minimum Gasteiger partial charge on any atom is -0.482 e. The average Bonchev–Trinajstić information content (AvgIpc) is 2.83. The Kier molecular flexibility index (Phi) is 4.76. The summed E-state index contributed by atoms with van der Waals surface area (Å²) >= 11 is 0. The lowest BCUT2D eigenvalue weighted by atomic mass is 10.3.